The number of thiazole rings is 1. The van der Waals surface area contributed by atoms with Gasteiger partial charge in [-0.2, -0.15) is 0 Å². The highest BCUT2D eigenvalue weighted by atomic mass is 32.1. The first kappa shape index (κ1) is 11.9. The lowest BCUT2D eigenvalue weighted by atomic mass is 10.2. The van der Waals surface area contributed by atoms with Crippen LogP contribution in [0.15, 0.2) is 16.7 Å². The summed E-state index contributed by atoms with van der Waals surface area (Å²) in [5, 5.41) is 17.6. The van der Waals surface area contributed by atoms with Gasteiger partial charge in [0.15, 0.2) is 0 Å². The van der Waals surface area contributed by atoms with E-state index in [-0.39, 0.29) is 11.9 Å². The molecule has 5 nitrogen and oxygen atoms in total. The molecule has 1 rings (SSSR count). The molecule has 1 heterocycles. The number of hydrogen-bond donors (Lipinski definition) is 3. The molecule has 1 unspecified atom stereocenters. The fraction of sp³-hybridized carbons (Fsp3) is 0.556. The number of nitrogens with one attached hydrogen (secondary N) is 1. The summed E-state index contributed by atoms with van der Waals surface area (Å²) in [5.41, 5.74) is 5.35. The molecule has 0 aliphatic rings. The van der Waals surface area contributed by atoms with E-state index in [0.29, 0.717) is 6.42 Å². The summed E-state index contributed by atoms with van der Waals surface area (Å²) in [5.74, 6) is 0.277. The molecule has 0 bridgehead atoms. The highest BCUT2D eigenvalue weighted by Gasteiger charge is 2.06. The third kappa shape index (κ3) is 4.26. The number of rotatable bonds is 6. The van der Waals surface area contributed by atoms with E-state index in [1.165, 1.54) is 0 Å². The van der Waals surface area contributed by atoms with Crippen LogP contribution in [-0.2, 0) is 0 Å². The van der Waals surface area contributed by atoms with Gasteiger partial charge in [-0.05, 0) is 19.9 Å². The van der Waals surface area contributed by atoms with Gasteiger partial charge >= 0.3 is 0 Å². The molecule has 1 aromatic heterocycles. The van der Waals surface area contributed by atoms with E-state index in [1.54, 1.807) is 17.5 Å². The van der Waals surface area contributed by atoms with Crippen molar-refractivity contribution in [1.82, 2.24) is 10.3 Å². The maximum absolute atomic E-state index is 8.33. The highest BCUT2D eigenvalue weighted by Crippen LogP contribution is 2.14. The average molecular weight is 228 g/mol. The molecule has 0 aliphatic heterocycles. The molecule has 1 atom stereocenters. The molecule has 0 fully saturated rings. The zero-order chi connectivity index (χ0) is 11.1. The molecule has 0 radical (unpaired) electrons. The minimum atomic E-state index is 0.261. The smallest absolute Gasteiger partial charge is 0.139 e. The lowest BCUT2D eigenvalue weighted by Gasteiger charge is -2.10. The molecule has 4 N–H and O–H groups in total. The van der Waals surface area contributed by atoms with Crippen molar-refractivity contribution in [2.24, 2.45) is 10.9 Å². The maximum Gasteiger partial charge on any atom is 0.139 e. The van der Waals surface area contributed by atoms with Crippen molar-refractivity contribution >= 4 is 17.2 Å². The minimum Gasteiger partial charge on any atom is -0.409 e. The van der Waals surface area contributed by atoms with Crippen LogP contribution in [-0.4, -0.2) is 22.6 Å². The molecule has 0 aromatic carbocycles. The Balaban J connectivity index is 2.15. The summed E-state index contributed by atoms with van der Waals surface area (Å²) >= 11 is 1.64. The summed E-state index contributed by atoms with van der Waals surface area (Å²) in [6.07, 6.45) is 3.26. The standard InChI is InChI=1S/C9H16N4OS/c1-7(9-12-5-6-15-9)11-4-2-3-8(10)13-14/h5-7,11,14H,2-4H2,1H3,(H2,10,13). The lowest BCUT2D eigenvalue weighted by Crippen LogP contribution is -2.21. The number of nitrogens with two attached hydrogens (primary N) is 1. The zero-order valence-electron chi connectivity index (χ0n) is 8.68. The molecule has 0 saturated heterocycles. The molecule has 0 spiro atoms. The van der Waals surface area contributed by atoms with Crippen LogP contribution in [0.1, 0.15) is 30.8 Å². The van der Waals surface area contributed by atoms with E-state index in [4.69, 9.17) is 10.9 Å². The third-order valence-corrected chi connectivity index (χ3v) is 2.97. The second-order valence-corrected chi connectivity index (χ2v) is 4.17. The van der Waals surface area contributed by atoms with Crippen molar-refractivity contribution in [3.8, 4) is 0 Å². The van der Waals surface area contributed by atoms with Crippen molar-refractivity contribution in [3.63, 3.8) is 0 Å². The monoisotopic (exact) mass is 228 g/mol. The first-order valence-corrected chi connectivity index (χ1v) is 5.71. The predicted molar refractivity (Wildman–Crippen MR) is 61.2 cm³/mol. The summed E-state index contributed by atoms with van der Waals surface area (Å²) in [4.78, 5) is 4.21. The van der Waals surface area contributed by atoms with Crippen molar-refractivity contribution in [1.29, 1.82) is 0 Å². The average Bonchev–Trinajstić information content (AvgIpc) is 2.77. The van der Waals surface area contributed by atoms with E-state index in [9.17, 15) is 0 Å². The molecule has 0 amide bonds. The second kappa shape index (κ2) is 6.36. The van der Waals surface area contributed by atoms with Gasteiger partial charge in [-0.1, -0.05) is 5.16 Å². The Morgan fingerprint density at radius 2 is 2.60 bits per heavy atom. The SMILES string of the molecule is CC(NCCCC(N)=NO)c1nccs1. The van der Waals surface area contributed by atoms with E-state index in [0.717, 1.165) is 18.0 Å². The molecule has 1 aromatic rings. The van der Waals surface area contributed by atoms with Gasteiger partial charge in [0.25, 0.3) is 0 Å². The molecule has 84 valence electrons. The molecule has 0 aliphatic carbocycles. The van der Waals surface area contributed by atoms with Gasteiger partial charge in [0, 0.05) is 18.0 Å². The van der Waals surface area contributed by atoms with Crippen LogP contribution in [0.25, 0.3) is 0 Å². The van der Waals surface area contributed by atoms with Crippen LogP contribution < -0.4 is 11.1 Å². The summed E-state index contributed by atoms with van der Waals surface area (Å²) < 4.78 is 0. The van der Waals surface area contributed by atoms with Crippen LogP contribution >= 0.6 is 11.3 Å². The Hall–Kier alpha value is -1.14. The maximum atomic E-state index is 8.33. The fourth-order valence-corrected chi connectivity index (χ4v) is 1.84. The molecule has 6 heteroatoms. The predicted octanol–water partition coefficient (Wildman–Crippen LogP) is 1.32. The van der Waals surface area contributed by atoms with Gasteiger partial charge in [0.1, 0.15) is 10.8 Å². The van der Waals surface area contributed by atoms with Gasteiger partial charge in [-0.3, -0.25) is 0 Å². The third-order valence-electron chi connectivity index (χ3n) is 2.01. The Labute approximate surface area is 93.0 Å². The normalized spacial score (nSPS) is 14.1. The van der Waals surface area contributed by atoms with Gasteiger partial charge in [-0.25, -0.2) is 4.98 Å². The second-order valence-electron chi connectivity index (χ2n) is 3.24. The quantitative estimate of drug-likeness (QED) is 0.225. The topological polar surface area (TPSA) is 83.5 Å². The van der Waals surface area contributed by atoms with E-state index < -0.39 is 0 Å². The Kier molecular flexibility index (Phi) is 5.06. The summed E-state index contributed by atoms with van der Waals surface area (Å²) in [7, 11) is 0. The molecular formula is C9H16N4OS. The molecular weight excluding hydrogens is 212 g/mol. The number of nitrogens with zero attached hydrogens (tertiary/aromatic N) is 2. The van der Waals surface area contributed by atoms with Crippen molar-refractivity contribution in [3.05, 3.63) is 16.6 Å². The first-order chi connectivity index (χ1) is 7.24. The Bertz CT molecular complexity index is 299. The van der Waals surface area contributed by atoms with Crippen LogP contribution in [0.5, 0.6) is 0 Å². The lowest BCUT2D eigenvalue weighted by molar-refractivity contribution is 0.316. The highest BCUT2D eigenvalue weighted by molar-refractivity contribution is 7.09. The Morgan fingerprint density at radius 1 is 1.80 bits per heavy atom. The van der Waals surface area contributed by atoms with Crippen LogP contribution in [0.3, 0.4) is 0 Å². The largest absolute Gasteiger partial charge is 0.409 e. The Morgan fingerprint density at radius 3 is 3.20 bits per heavy atom. The minimum absolute atomic E-state index is 0.261. The fourth-order valence-electron chi connectivity index (χ4n) is 1.17. The van der Waals surface area contributed by atoms with Gasteiger partial charge in [-0.15, -0.1) is 11.3 Å². The number of amidine groups is 1. The van der Waals surface area contributed by atoms with Gasteiger partial charge < -0.3 is 16.3 Å². The zero-order valence-corrected chi connectivity index (χ0v) is 9.50. The van der Waals surface area contributed by atoms with Crippen LogP contribution in [0.4, 0.5) is 0 Å². The van der Waals surface area contributed by atoms with E-state index >= 15 is 0 Å². The van der Waals surface area contributed by atoms with E-state index in [2.05, 4.69) is 22.4 Å². The van der Waals surface area contributed by atoms with Crippen molar-refractivity contribution in [2.75, 3.05) is 6.54 Å². The van der Waals surface area contributed by atoms with Crippen molar-refractivity contribution < 1.29 is 5.21 Å². The van der Waals surface area contributed by atoms with Crippen LogP contribution in [0.2, 0.25) is 0 Å². The van der Waals surface area contributed by atoms with Crippen LogP contribution in [0, 0.1) is 0 Å². The first-order valence-electron chi connectivity index (χ1n) is 4.83. The van der Waals surface area contributed by atoms with Crippen molar-refractivity contribution in [2.45, 2.75) is 25.8 Å². The van der Waals surface area contributed by atoms with E-state index in [1.807, 2.05) is 5.38 Å². The van der Waals surface area contributed by atoms with Gasteiger partial charge in [0.05, 0.1) is 6.04 Å². The molecule has 15 heavy (non-hydrogen) atoms. The summed E-state index contributed by atoms with van der Waals surface area (Å²) in [6, 6.07) is 0.261. The number of oxime groups is 1. The summed E-state index contributed by atoms with van der Waals surface area (Å²) in [6.45, 7) is 2.90. The molecule has 0 saturated carbocycles. The van der Waals surface area contributed by atoms with Gasteiger partial charge in [0.2, 0.25) is 0 Å². The number of aromatic nitrogens is 1. The number of hydrogen-bond acceptors (Lipinski definition) is 5.